The molecule has 206 valence electrons. The smallest absolute Gasteiger partial charge is 0.438 e. The first-order valence-electron chi connectivity index (χ1n) is 13.3. The maximum absolute atomic E-state index is 13.0. The van der Waals surface area contributed by atoms with E-state index in [1.807, 2.05) is 20.8 Å². The summed E-state index contributed by atoms with van der Waals surface area (Å²) in [4.78, 5) is 25.2. The first kappa shape index (κ1) is 29.2. The molecule has 7 nitrogen and oxygen atoms in total. The topological polar surface area (TPSA) is 80.3 Å². The minimum absolute atomic E-state index is 0.0401. The van der Waals surface area contributed by atoms with Crippen LogP contribution in [0.1, 0.15) is 88.0 Å². The van der Waals surface area contributed by atoms with Gasteiger partial charge in [0.05, 0.1) is 7.11 Å². The minimum Gasteiger partial charge on any atom is -0.438 e. The molecule has 3 rings (SSSR count). The zero-order valence-electron chi connectivity index (χ0n) is 24.2. The number of methoxy groups -OCH3 is 1. The maximum atomic E-state index is 13.0. The van der Waals surface area contributed by atoms with Crippen molar-refractivity contribution in [3.8, 4) is 0 Å². The van der Waals surface area contributed by atoms with Gasteiger partial charge in [-0.3, -0.25) is 0 Å². The summed E-state index contributed by atoms with van der Waals surface area (Å²) in [6.07, 6.45) is 6.22. The zero-order valence-corrected chi connectivity index (χ0v) is 26.2. The average molecular weight is 525 g/mol. The van der Waals surface area contributed by atoms with E-state index in [1.165, 1.54) is 20.0 Å². The molecule has 1 saturated heterocycles. The number of rotatable bonds is 6. The molecule has 0 aromatic carbocycles. The van der Waals surface area contributed by atoms with Gasteiger partial charge in [0, 0.05) is 11.5 Å². The van der Waals surface area contributed by atoms with Crippen molar-refractivity contribution in [2.45, 2.75) is 112 Å². The van der Waals surface area contributed by atoms with E-state index >= 15 is 0 Å². The molecule has 0 amide bonds. The molecule has 1 heterocycles. The third-order valence-corrected chi connectivity index (χ3v) is 10.8. The Morgan fingerprint density at radius 2 is 1.81 bits per heavy atom. The Hall–Kier alpha value is -1.38. The van der Waals surface area contributed by atoms with Gasteiger partial charge in [-0.05, 0) is 60.3 Å². The summed E-state index contributed by atoms with van der Waals surface area (Å²) in [5.74, 6) is 0.103. The molecule has 2 saturated carbocycles. The highest BCUT2D eigenvalue weighted by Gasteiger charge is 2.66. The maximum Gasteiger partial charge on any atom is 0.508 e. The van der Waals surface area contributed by atoms with Crippen LogP contribution in [0.15, 0.2) is 12.2 Å². The summed E-state index contributed by atoms with van der Waals surface area (Å²) in [5, 5.41) is 0. The Bertz CT molecular complexity index is 880. The van der Waals surface area contributed by atoms with E-state index in [2.05, 4.69) is 40.7 Å². The van der Waals surface area contributed by atoms with Crippen molar-refractivity contribution >= 4 is 22.6 Å². The zero-order chi connectivity index (χ0) is 27.3. The van der Waals surface area contributed by atoms with E-state index in [-0.39, 0.29) is 22.2 Å². The van der Waals surface area contributed by atoms with Crippen molar-refractivity contribution in [2.75, 3.05) is 7.11 Å². The lowest BCUT2D eigenvalue weighted by molar-refractivity contribution is -0.162. The number of carbonyl (C=O) groups excluding carboxylic acids is 2. The van der Waals surface area contributed by atoms with Crippen LogP contribution >= 0.6 is 0 Å². The fraction of sp³-hybridized carbons (Fsp3) is 0.857. The van der Waals surface area contributed by atoms with Crippen LogP contribution in [0.2, 0.25) is 0 Å². The number of ether oxygens (including phenoxy) is 4. The number of esters is 1. The van der Waals surface area contributed by atoms with Gasteiger partial charge in [0.25, 0.3) is 0 Å². The Kier molecular flexibility index (Phi) is 7.89. The Morgan fingerprint density at radius 1 is 1.17 bits per heavy atom. The monoisotopic (exact) mass is 524 g/mol. The lowest BCUT2D eigenvalue weighted by atomic mass is 9.50. The molecule has 8 heteroatoms. The number of hydrogen-bond acceptors (Lipinski definition) is 7. The summed E-state index contributed by atoms with van der Waals surface area (Å²) < 4.78 is 28.2. The highest BCUT2D eigenvalue weighted by atomic mass is 28.2. The second kappa shape index (κ2) is 9.73. The Morgan fingerprint density at radius 3 is 2.33 bits per heavy atom. The molecule has 0 N–H and O–H groups in total. The summed E-state index contributed by atoms with van der Waals surface area (Å²) in [6.45, 7) is 19.3. The molecular weight excluding hydrogens is 476 g/mol. The van der Waals surface area contributed by atoms with Gasteiger partial charge in [-0.2, -0.15) is 0 Å². The van der Waals surface area contributed by atoms with Crippen molar-refractivity contribution in [3.63, 3.8) is 0 Å². The number of fused-ring (bicyclic) bond motifs is 1. The standard InChI is InChI=1S/C28H48O7Si/c1-17(28(9)25(5,6)16-18-19(35-36)12-11-15-26(18,28)7)13-14-20(32-23(30)31-10)27(8)21(29)33-22(34-27)24(2,3)4/h13-14,17-20,22H,11-12,15-16H2,1-10,36H3/t17-,18?,19?,20?,22-,26-,27-,28-/m1/s1. The van der Waals surface area contributed by atoms with E-state index < -0.39 is 35.5 Å². The normalized spacial score (nSPS) is 40.1. The van der Waals surface area contributed by atoms with E-state index in [0.717, 1.165) is 23.3 Å². The fourth-order valence-electron chi connectivity index (χ4n) is 7.41. The van der Waals surface area contributed by atoms with Gasteiger partial charge in [0.15, 0.2) is 6.10 Å². The van der Waals surface area contributed by atoms with E-state index in [9.17, 15) is 9.59 Å². The molecule has 3 unspecified atom stereocenters. The van der Waals surface area contributed by atoms with Crippen LogP contribution in [0.4, 0.5) is 4.79 Å². The number of hydrogen-bond donors (Lipinski definition) is 0. The molecule has 2 aliphatic carbocycles. The van der Waals surface area contributed by atoms with E-state index in [0.29, 0.717) is 12.0 Å². The predicted octanol–water partition coefficient (Wildman–Crippen LogP) is 4.94. The van der Waals surface area contributed by atoms with Crippen LogP contribution in [-0.2, 0) is 28.2 Å². The lowest BCUT2D eigenvalue weighted by Crippen LogP contribution is -2.51. The second-order valence-corrected chi connectivity index (χ2v) is 13.9. The molecule has 0 spiro atoms. The first-order chi connectivity index (χ1) is 16.5. The molecule has 1 aliphatic heterocycles. The summed E-state index contributed by atoms with van der Waals surface area (Å²) in [7, 11) is 2.00. The molecule has 0 bridgehead atoms. The van der Waals surface area contributed by atoms with Crippen LogP contribution < -0.4 is 0 Å². The molecule has 3 aliphatic rings. The van der Waals surface area contributed by atoms with Crippen molar-refractivity contribution in [2.24, 2.45) is 33.5 Å². The summed E-state index contributed by atoms with van der Waals surface area (Å²) in [6, 6.07) is 0. The lowest BCUT2D eigenvalue weighted by Gasteiger charge is -2.55. The SMILES string of the molecule is COC(=O)OC(C=C[C@@H](C)[C@]1(C)C(C)(C)CC2C(O[SiH3])CCC[C@]21C)[C@@]1(C)O[C@H](C(C)(C)C)OC1=O. The van der Waals surface area contributed by atoms with E-state index in [4.69, 9.17) is 23.4 Å². The van der Waals surface area contributed by atoms with Gasteiger partial charge in [-0.1, -0.05) is 67.9 Å². The second-order valence-electron chi connectivity index (χ2n) is 13.5. The van der Waals surface area contributed by atoms with Gasteiger partial charge in [0.1, 0.15) is 10.5 Å². The molecule has 0 aromatic rings. The molecular formula is C28H48O7Si. The highest BCUT2D eigenvalue weighted by molar-refractivity contribution is 5.98. The molecule has 36 heavy (non-hydrogen) atoms. The van der Waals surface area contributed by atoms with Crippen LogP contribution in [0.25, 0.3) is 0 Å². The Labute approximate surface area is 220 Å². The molecule has 0 radical (unpaired) electrons. The number of cyclic esters (lactones) is 1. The van der Waals surface area contributed by atoms with Gasteiger partial charge in [-0.15, -0.1) is 0 Å². The van der Waals surface area contributed by atoms with Crippen molar-refractivity contribution in [3.05, 3.63) is 12.2 Å². The molecule has 8 atom stereocenters. The summed E-state index contributed by atoms with van der Waals surface area (Å²) >= 11 is 0. The van der Waals surface area contributed by atoms with Crippen LogP contribution in [-0.4, -0.2) is 53.8 Å². The van der Waals surface area contributed by atoms with Crippen molar-refractivity contribution in [1.29, 1.82) is 0 Å². The van der Waals surface area contributed by atoms with Crippen LogP contribution in [0.3, 0.4) is 0 Å². The highest BCUT2D eigenvalue weighted by Crippen LogP contribution is 2.72. The van der Waals surface area contributed by atoms with Gasteiger partial charge in [0.2, 0.25) is 11.9 Å². The van der Waals surface area contributed by atoms with Gasteiger partial charge >= 0.3 is 12.1 Å². The first-order valence-corrected chi connectivity index (χ1v) is 14.1. The quantitative estimate of drug-likeness (QED) is 0.276. The average Bonchev–Trinajstić information content (AvgIpc) is 3.20. The summed E-state index contributed by atoms with van der Waals surface area (Å²) in [5.41, 5.74) is -1.76. The van der Waals surface area contributed by atoms with Gasteiger partial charge in [-0.25, -0.2) is 9.59 Å². The minimum atomic E-state index is -1.47. The predicted molar refractivity (Wildman–Crippen MR) is 141 cm³/mol. The number of carbonyl (C=O) groups is 2. The van der Waals surface area contributed by atoms with E-state index in [1.54, 1.807) is 13.0 Å². The Balaban J connectivity index is 1.96. The third-order valence-electron chi connectivity index (χ3n) is 10.2. The molecule has 0 aromatic heterocycles. The van der Waals surface area contributed by atoms with Crippen molar-refractivity contribution in [1.82, 2.24) is 0 Å². The van der Waals surface area contributed by atoms with Crippen LogP contribution in [0.5, 0.6) is 0 Å². The fourth-order valence-corrected chi connectivity index (χ4v) is 7.98. The molecule has 3 fully saturated rings. The largest absolute Gasteiger partial charge is 0.508 e. The van der Waals surface area contributed by atoms with Crippen LogP contribution in [0, 0.1) is 33.5 Å². The van der Waals surface area contributed by atoms with Crippen molar-refractivity contribution < 1.29 is 33.0 Å². The number of allylic oxidation sites excluding steroid dienone is 1. The third kappa shape index (κ3) is 4.55. The van der Waals surface area contributed by atoms with Gasteiger partial charge < -0.3 is 23.4 Å².